The summed E-state index contributed by atoms with van der Waals surface area (Å²) in [6.07, 6.45) is 2.93. The number of benzene rings is 2. The number of hydrogen-bond acceptors (Lipinski definition) is 3. The van der Waals surface area contributed by atoms with Crippen molar-refractivity contribution in [2.45, 2.75) is 6.04 Å². The standard InChI is InChI=1S/C16H14F2N4/c1-21(22-11-19-10-20-22)16(12-6-8-13(17)9-7-12)14-4-2-3-5-15(14)18/h2-11,16H,1H3. The Bertz CT molecular complexity index is 741. The van der Waals surface area contributed by atoms with E-state index in [2.05, 4.69) is 10.1 Å². The smallest absolute Gasteiger partial charge is 0.139 e. The second-order valence-corrected chi connectivity index (χ2v) is 4.87. The largest absolute Gasteiger partial charge is 0.286 e. The van der Waals surface area contributed by atoms with Crippen molar-refractivity contribution in [3.05, 3.63) is 83.9 Å². The van der Waals surface area contributed by atoms with Gasteiger partial charge in [0.2, 0.25) is 0 Å². The summed E-state index contributed by atoms with van der Waals surface area (Å²) in [5.41, 5.74) is 1.23. The molecule has 0 aliphatic rings. The zero-order valence-electron chi connectivity index (χ0n) is 11.9. The van der Waals surface area contributed by atoms with Crippen LogP contribution in [0, 0.1) is 11.6 Å². The molecule has 0 spiro atoms. The lowest BCUT2D eigenvalue weighted by Gasteiger charge is -2.30. The van der Waals surface area contributed by atoms with Gasteiger partial charge in [-0.15, -0.1) is 5.10 Å². The van der Waals surface area contributed by atoms with Crippen molar-refractivity contribution in [3.8, 4) is 0 Å². The van der Waals surface area contributed by atoms with Gasteiger partial charge >= 0.3 is 0 Å². The second kappa shape index (κ2) is 5.93. The Labute approximate surface area is 126 Å². The zero-order chi connectivity index (χ0) is 15.5. The highest BCUT2D eigenvalue weighted by molar-refractivity contribution is 5.36. The average Bonchev–Trinajstić information content (AvgIpc) is 3.05. The van der Waals surface area contributed by atoms with E-state index in [0.29, 0.717) is 5.56 Å². The van der Waals surface area contributed by atoms with Gasteiger partial charge in [0.1, 0.15) is 24.3 Å². The summed E-state index contributed by atoms with van der Waals surface area (Å²) >= 11 is 0. The average molecular weight is 300 g/mol. The molecule has 1 unspecified atom stereocenters. The minimum atomic E-state index is -0.455. The molecule has 3 aromatic rings. The molecule has 4 nitrogen and oxygen atoms in total. The van der Waals surface area contributed by atoms with Gasteiger partial charge in [0.15, 0.2) is 0 Å². The predicted octanol–water partition coefficient (Wildman–Crippen LogP) is 2.91. The van der Waals surface area contributed by atoms with Crippen molar-refractivity contribution >= 4 is 0 Å². The lowest BCUT2D eigenvalue weighted by Crippen LogP contribution is -2.36. The number of rotatable bonds is 4. The molecule has 1 atom stereocenters. The molecule has 0 fully saturated rings. The highest BCUT2D eigenvalue weighted by Crippen LogP contribution is 2.28. The van der Waals surface area contributed by atoms with Crippen molar-refractivity contribution in [1.82, 2.24) is 14.9 Å². The first-order valence-corrected chi connectivity index (χ1v) is 6.74. The van der Waals surface area contributed by atoms with Crippen molar-refractivity contribution in [2.75, 3.05) is 12.1 Å². The third-order valence-electron chi connectivity index (χ3n) is 3.49. The molecule has 6 heteroatoms. The van der Waals surface area contributed by atoms with Gasteiger partial charge in [0, 0.05) is 12.6 Å². The number of hydrogen-bond donors (Lipinski definition) is 0. The van der Waals surface area contributed by atoms with Crippen molar-refractivity contribution in [2.24, 2.45) is 0 Å². The summed E-state index contributed by atoms with van der Waals surface area (Å²) in [7, 11) is 1.77. The fourth-order valence-electron chi connectivity index (χ4n) is 2.42. The van der Waals surface area contributed by atoms with E-state index in [0.717, 1.165) is 5.56 Å². The van der Waals surface area contributed by atoms with Crippen LogP contribution in [0.2, 0.25) is 0 Å². The van der Waals surface area contributed by atoms with Gasteiger partial charge in [0.05, 0.1) is 6.04 Å². The fraction of sp³-hybridized carbons (Fsp3) is 0.125. The highest BCUT2D eigenvalue weighted by Gasteiger charge is 2.23. The van der Waals surface area contributed by atoms with Gasteiger partial charge in [0.25, 0.3) is 0 Å². The third-order valence-corrected chi connectivity index (χ3v) is 3.49. The molecule has 1 aromatic heterocycles. The van der Waals surface area contributed by atoms with Crippen LogP contribution in [0.4, 0.5) is 8.78 Å². The minimum absolute atomic E-state index is 0.330. The summed E-state index contributed by atoms with van der Waals surface area (Å²) in [5.74, 6) is -0.664. The lowest BCUT2D eigenvalue weighted by molar-refractivity contribution is 0.506. The van der Waals surface area contributed by atoms with E-state index in [1.165, 1.54) is 35.6 Å². The normalized spacial score (nSPS) is 12.1. The summed E-state index contributed by atoms with van der Waals surface area (Å²) in [5, 5.41) is 5.81. The highest BCUT2D eigenvalue weighted by atomic mass is 19.1. The van der Waals surface area contributed by atoms with Crippen LogP contribution in [0.3, 0.4) is 0 Å². The quantitative estimate of drug-likeness (QED) is 0.743. The van der Waals surface area contributed by atoms with Gasteiger partial charge in [-0.1, -0.05) is 30.3 Å². The van der Waals surface area contributed by atoms with E-state index in [4.69, 9.17) is 0 Å². The maximum Gasteiger partial charge on any atom is 0.139 e. The number of nitrogens with zero attached hydrogens (tertiary/aromatic N) is 4. The van der Waals surface area contributed by atoms with E-state index < -0.39 is 6.04 Å². The predicted molar refractivity (Wildman–Crippen MR) is 78.8 cm³/mol. The minimum Gasteiger partial charge on any atom is -0.286 e. The summed E-state index contributed by atoms with van der Waals surface area (Å²) < 4.78 is 27.5. The molecule has 0 saturated heterocycles. The second-order valence-electron chi connectivity index (χ2n) is 4.87. The Morgan fingerprint density at radius 2 is 1.77 bits per heavy atom. The molecule has 0 N–H and O–H groups in total. The SMILES string of the molecule is CN(C(c1ccc(F)cc1)c1ccccc1F)n1cncn1. The van der Waals surface area contributed by atoms with E-state index in [1.54, 1.807) is 42.4 Å². The Hall–Kier alpha value is -2.76. The van der Waals surface area contributed by atoms with Crippen LogP contribution < -0.4 is 5.01 Å². The molecular weight excluding hydrogens is 286 g/mol. The van der Waals surface area contributed by atoms with E-state index >= 15 is 0 Å². The summed E-state index contributed by atoms with van der Waals surface area (Å²) in [4.78, 5) is 5.42. The fourth-order valence-corrected chi connectivity index (χ4v) is 2.42. The zero-order valence-corrected chi connectivity index (χ0v) is 11.9. The molecule has 0 radical (unpaired) electrons. The van der Waals surface area contributed by atoms with E-state index in [9.17, 15) is 8.78 Å². The first-order chi connectivity index (χ1) is 10.7. The molecular formula is C16H14F2N4. The van der Waals surface area contributed by atoms with Crippen LogP contribution >= 0.6 is 0 Å². The van der Waals surface area contributed by atoms with Crippen molar-refractivity contribution < 1.29 is 8.78 Å². The van der Waals surface area contributed by atoms with Gasteiger partial charge in [-0.25, -0.2) is 13.8 Å². The Morgan fingerprint density at radius 1 is 1.05 bits per heavy atom. The van der Waals surface area contributed by atoms with Crippen molar-refractivity contribution in [3.63, 3.8) is 0 Å². The van der Waals surface area contributed by atoms with Gasteiger partial charge in [-0.2, -0.15) is 4.79 Å². The van der Waals surface area contributed by atoms with Gasteiger partial charge in [-0.3, -0.25) is 5.01 Å². The van der Waals surface area contributed by atoms with Gasteiger partial charge < -0.3 is 0 Å². The number of halogens is 2. The topological polar surface area (TPSA) is 34.0 Å². The summed E-state index contributed by atoms with van der Waals surface area (Å²) in [6.45, 7) is 0. The summed E-state index contributed by atoms with van der Waals surface area (Å²) in [6, 6.07) is 12.1. The van der Waals surface area contributed by atoms with E-state index in [-0.39, 0.29) is 11.6 Å². The number of aromatic nitrogens is 3. The molecule has 0 amide bonds. The Balaban J connectivity index is 2.10. The van der Waals surface area contributed by atoms with Crippen LogP contribution in [0.5, 0.6) is 0 Å². The Kier molecular flexibility index (Phi) is 3.82. The van der Waals surface area contributed by atoms with Crippen LogP contribution in [-0.4, -0.2) is 21.9 Å². The molecule has 2 aromatic carbocycles. The Morgan fingerprint density at radius 3 is 2.41 bits per heavy atom. The first-order valence-electron chi connectivity index (χ1n) is 6.74. The van der Waals surface area contributed by atoms with Crippen LogP contribution in [0.15, 0.2) is 61.2 Å². The maximum atomic E-state index is 14.3. The molecule has 0 saturated carbocycles. The molecule has 1 heterocycles. The monoisotopic (exact) mass is 300 g/mol. The van der Waals surface area contributed by atoms with Crippen LogP contribution in [0.1, 0.15) is 17.2 Å². The third kappa shape index (κ3) is 2.67. The molecule has 22 heavy (non-hydrogen) atoms. The van der Waals surface area contributed by atoms with E-state index in [1.807, 2.05) is 0 Å². The molecule has 0 aliphatic carbocycles. The molecule has 0 aliphatic heterocycles. The van der Waals surface area contributed by atoms with Crippen LogP contribution in [-0.2, 0) is 0 Å². The lowest BCUT2D eigenvalue weighted by atomic mass is 9.98. The maximum absolute atomic E-state index is 14.3. The molecule has 3 rings (SSSR count). The van der Waals surface area contributed by atoms with Crippen molar-refractivity contribution in [1.29, 1.82) is 0 Å². The van der Waals surface area contributed by atoms with Crippen LogP contribution in [0.25, 0.3) is 0 Å². The molecule has 0 bridgehead atoms. The van der Waals surface area contributed by atoms with Gasteiger partial charge in [-0.05, 0) is 23.8 Å². The first kappa shape index (κ1) is 14.2. The molecule has 112 valence electrons.